The zero-order valence-electron chi connectivity index (χ0n) is 18.1. The molecule has 2 aromatic heterocycles. The Hall–Kier alpha value is -2.64. The lowest BCUT2D eigenvalue weighted by atomic mass is 9.91. The van der Waals surface area contributed by atoms with E-state index in [1.165, 1.54) is 0 Å². The van der Waals surface area contributed by atoms with Crippen molar-refractivity contribution in [3.8, 4) is 11.6 Å². The van der Waals surface area contributed by atoms with E-state index in [4.69, 9.17) is 16.3 Å². The predicted octanol–water partition coefficient (Wildman–Crippen LogP) is 3.98. The van der Waals surface area contributed by atoms with Gasteiger partial charge in [-0.2, -0.15) is 5.10 Å². The third kappa shape index (κ3) is 4.67. The van der Waals surface area contributed by atoms with E-state index in [0.717, 1.165) is 42.6 Å². The maximum absolute atomic E-state index is 12.5. The van der Waals surface area contributed by atoms with Crippen molar-refractivity contribution < 1.29 is 4.74 Å². The highest BCUT2D eigenvalue weighted by atomic mass is 35.5. The number of rotatable bonds is 6. The van der Waals surface area contributed by atoms with E-state index in [9.17, 15) is 4.79 Å². The van der Waals surface area contributed by atoms with Gasteiger partial charge in [0.25, 0.3) is 5.56 Å². The van der Waals surface area contributed by atoms with Crippen molar-refractivity contribution in [3.63, 3.8) is 0 Å². The maximum Gasteiger partial charge on any atom is 0.267 e. The number of benzene rings is 1. The number of halogens is 1. The Kier molecular flexibility index (Phi) is 6.43. The SMILES string of the molecule is COc1cccc(CNC2CCC(n3nc(-n4nc(C)cc4C)ccc3=O)CC2)c1Cl. The second kappa shape index (κ2) is 9.24. The average molecular weight is 442 g/mol. The molecule has 0 radical (unpaired) electrons. The van der Waals surface area contributed by atoms with Crippen LogP contribution in [0.3, 0.4) is 0 Å². The summed E-state index contributed by atoms with van der Waals surface area (Å²) < 4.78 is 8.72. The van der Waals surface area contributed by atoms with Gasteiger partial charge in [-0.25, -0.2) is 9.36 Å². The Bertz CT molecular complexity index is 1120. The van der Waals surface area contributed by atoms with E-state index >= 15 is 0 Å². The van der Waals surface area contributed by atoms with Gasteiger partial charge < -0.3 is 10.1 Å². The molecule has 1 aliphatic carbocycles. The molecule has 8 heteroatoms. The van der Waals surface area contributed by atoms with Gasteiger partial charge in [0.1, 0.15) is 5.75 Å². The first-order valence-corrected chi connectivity index (χ1v) is 11.0. The van der Waals surface area contributed by atoms with Gasteiger partial charge in [-0.15, -0.1) is 5.10 Å². The zero-order valence-corrected chi connectivity index (χ0v) is 18.9. The summed E-state index contributed by atoms with van der Waals surface area (Å²) in [6, 6.07) is 11.6. The molecule has 0 bridgehead atoms. The third-order valence-corrected chi connectivity index (χ3v) is 6.35. The Morgan fingerprint density at radius 1 is 1.13 bits per heavy atom. The van der Waals surface area contributed by atoms with Gasteiger partial charge in [-0.1, -0.05) is 23.7 Å². The van der Waals surface area contributed by atoms with Gasteiger partial charge in [0.05, 0.1) is 23.9 Å². The van der Waals surface area contributed by atoms with Gasteiger partial charge in [0.15, 0.2) is 5.82 Å². The van der Waals surface area contributed by atoms with Gasteiger partial charge in [0, 0.05) is 24.3 Å². The number of nitrogens with one attached hydrogen (secondary N) is 1. The highest BCUT2D eigenvalue weighted by Crippen LogP contribution is 2.30. The quantitative estimate of drug-likeness (QED) is 0.626. The normalized spacial score (nSPS) is 18.8. The van der Waals surface area contributed by atoms with Crippen LogP contribution in [0.25, 0.3) is 5.82 Å². The number of ether oxygens (including phenoxy) is 1. The molecule has 7 nitrogen and oxygen atoms in total. The Labute approximate surface area is 187 Å². The minimum absolute atomic E-state index is 0.0650. The fourth-order valence-corrected chi connectivity index (χ4v) is 4.55. The summed E-state index contributed by atoms with van der Waals surface area (Å²) in [4.78, 5) is 12.5. The monoisotopic (exact) mass is 441 g/mol. The number of hydrogen-bond donors (Lipinski definition) is 1. The van der Waals surface area contributed by atoms with Crippen LogP contribution in [0, 0.1) is 13.8 Å². The molecular weight excluding hydrogens is 414 g/mol. The average Bonchev–Trinajstić information content (AvgIpc) is 3.12. The second-order valence-corrected chi connectivity index (χ2v) is 8.51. The summed E-state index contributed by atoms with van der Waals surface area (Å²) in [7, 11) is 1.62. The van der Waals surface area contributed by atoms with Crippen molar-refractivity contribution in [1.29, 1.82) is 0 Å². The number of hydrogen-bond acceptors (Lipinski definition) is 5. The van der Waals surface area contributed by atoms with E-state index in [1.807, 2.05) is 38.1 Å². The Balaban J connectivity index is 1.40. The van der Waals surface area contributed by atoms with Crippen LogP contribution in [-0.4, -0.2) is 32.7 Å². The molecule has 0 aliphatic heterocycles. The standard InChI is InChI=1S/C23H28ClN5O2/c1-15-13-16(2)28(26-15)21-11-12-22(30)29(27-21)19-9-7-18(8-10-19)25-14-17-5-4-6-20(31-3)23(17)24/h4-6,11-13,18-19,25H,7-10,14H2,1-3H3. The molecule has 3 aromatic rings. The van der Waals surface area contributed by atoms with Crippen LogP contribution in [0.2, 0.25) is 5.02 Å². The van der Waals surface area contributed by atoms with E-state index in [1.54, 1.807) is 28.6 Å². The molecule has 0 spiro atoms. The molecule has 1 aromatic carbocycles. The van der Waals surface area contributed by atoms with E-state index in [-0.39, 0.29) is 11.6 Å². The largest absolute Gasteiger partial charge is 0.495 e. The molecule has 1 aliphatic rings. The lowest BCUT2D eigenvalue weighted by molar-refractivity contribution is 0.268. The minimum Gasteiger partial charge on any atom is -0.495 e. The molecule has 1 fully saturated rings. The first-order chi connectivity index (χ1) is 15.0. The van der Waals surface area contributed by atoms with Crippen molar-refractivity contribution >= 4 is 11.6 Å². The lowest BCUT2D eigenvalue weighted by Crippen LogP contribution is -2.36. The van der Waals surface area contributed by atoms with Crippen molar-refractivity contribution in [3.05, 3.63) is 68.7 Å². The summed E-state index contributed by atoms with van der Waals surface area (Å²) in [5.41, 5.74) is 2.89. The first kappa shape index (κ1) is 21.6. The van der Waals surface area contributed by atoms with Crippen LogP contribution in [0.1, 0.15) is 48.7 Å². The van der Waals surface area contributed by atoms with Crippen LogP contribution in [0.15, 0.2) is 41.2 Å². The molecule has 0 amide bonds. The first-order valence-electron chi connectivity index (χ1n) is 10.6. The number of aromatic nitrogens is 4. The number of nitrogens with zero attached hydrogens (tertiary/aromatic N) is 4. The van der Waals surface area contributed by atoms with E-state index in [0.29, 0.717) is 29.2 Å². The van der Waals surface area contributed by atoms with Gasteiger partial charge in [-0.05, 0) is 63.3 Å². The van der Waals surface area contributed by atoms with Crippen LogP contribution < -0.4 is 15.6 Å². The van der Waals surface area contributed by atoms with Crippen LogP contribution in [0.5, 0.6) is 5.75 Å². The Morgan fingerprint density at radius 3 is 2.58 bits per heavy atom. The van der Waals surface area contributed by atoms with Gasteiger partial charge in [-0.3, -0.25) is 4.79 Å². The molecule has 0 unspecified atom stereocenters. The highest BCUT2D eigenvalue weighted by Gasteiger charge is 2.24. The Morgan fingerprint density at radius 2 is 1.90 bits per heavy atom. The molecule has 4 rings (SSSR count). The minimum atomic E-state index is -0.0650. The zero-order chi connectivity index (χ0) is 22.0. The maximum atomic E-state index is 12.5. The molecule has 0 saturated heterocycles. The molecule has 1 N–H and O–H groups in total. The summed E-state index contributed by atoms with van der Waals surface area (Å²) >= 11 is 6.41. The molecular formula is C23H28ClN5O2. The fourth-order valence-electron chi connectivity index (χ4n) is 4.28. The van der Waals surface area contributed by atoms with Crippen molar-refractivity contribution in [1.82, 2.24) is 24.9 Å². The van der Waals surface area contributed by atoms with Crippen molar-refractivity contribution in [2.75, 3.05) is 7.11 Å². The van der Waals surface area contributed by atoms with Crippen molar-refractivity contribution in [2.24, 2.45) is 0 Å². The second-order valence-electron chi connectivity index (χ2n) is 8.13. The van der Waals surface area contributed by atoms with Gasteiger partial charge in [0.2, 0.25) is 0 Å². The van der Waals surface area contributed by atoms with Crippen LogP contribution in [0.4, 0.5) is 0 Å². The van der Waals surface area contributed by atoms with Crippen LogP contribution >= 0.6 is 11.6 Å². The lowest BCUT2D eigenvalue weighted by Gasteiger charge is -2.30. The summed E-state index contributed by atoms with van der Waals surface area (Å²) in [6.07, 6.45) is 3.75. The fraction of sp³-hybridized carbons (Fsp3) is 0.435. The molecule has 31 heavy (non-hydrogen) atoms. The van der Waals surface area contributed by atoms with Crippen molar-refractivity contribution in [2.45, 2.75) is 58.2 Å². The molecule has 0 atom stereocenters. The predicted molar refractivity (Wildman–Crippen MR) is 121 cm³/mol. The topological polar surface area (TPSA) is 74.0 Å². The molecule has 164 valence electrons. The third-order valence-electron chi connectivity index (χ3n) is 5.92. The summed E-state index contributed by atoms with van der Waals surface area (Å²) in [6.45, 7) is 4.63. The smallest absolute Gasteiger partial charge is 0.267 e. The highest BCUT2D eigenvalue weighted by molar-refractivity contribution is 6.32. The van der Waals surface area contributed by atoms with Crippen LogP contribution in [-0.2, 0) is 6.54 Å². The number of methoxy groups -OCH3 is 1. The van der Waals surface area contributed by atoms with Gasteiger partial charge >= 0.3 is 0 Å². The number of aryl methyl sites for hydroxylation is 2. The summed E-state index contributed by atoms with van der Waals surface area (Å²) in [5, 5.41) is 13.4. The van der Waals surface area contributed by atoms with E-state index < -0.39 is 0 Å². The summed E-state index contributed by atoms with van der Waals surface area (Å²) in [5.74, 6) is 1.37. The molecule has 2 heterocycles. The molecule has 1 saturated carbocycles. The van der Waals surface area contributed by atoms with E-state index in [2.05, 4.69) is 15.5 Å².